The molecule has 20 heteroatoms. The molecule has 0 aliphatic heterocycles. The van der Waals surface area contributed by atoms with Gasteiger partial charge in [0.1, 0.15) is 0 Å². The standard InChI is InChI=1S/C47H60N12O8/c1-60-34-16-12-30(22-38(34)64-5)26-50-44-54-42(55-45(58-44)51-27-31-13-17-35(61-2)39(23-31)65-6)48-20-10-9-11-21-49-43-56-46(52-28-32-14-18-36(62-3)40(24-32)66-7)59-47(57-43)53-29-33-15-19-37(63-4)41(25-33)67-8/h12-19,22-25H,9-11,20-21,26-29H2,1-8H3,(H3,48,50,51,54,55,58)(H3,49,52,53,56,57,59). The van der Waals surface area contributed by atoms with Gasteiger partial charge in [0, 0.05) is 39.3 Å². The molecule has 0 aliphatic carbocycles. The third-order valence-corrected chi connectivity index (χ3v) is 10.3. The number of unbranched alkanes of at least 4 members (excludes halogenated alkanes) is 2. The van der Waals surface area contributed by atoms with Crippen LogP contribution in [-0.4, -0.2) is 99.9 Å². The summed E-state index contributed by atoms with van der Waals surface area (Å²) in [6, 6.07) is 22.9. The first kappa shape index (κ1) is 48.6. The molecule has 67 heavy (non-hydrogen) atoms. The Morgan fingerprint density at radius 2 is 0.507 bits per heavy atom. The van der Waals surface area contributed by atoms with E-state index in [-0.39, 0.29) is 0 Å². The molecule has 0 radical (unpaired) electrons. The van der Waals surface area contributed by atoms with Crippen molar-refractivity contribution < 1.29 is 37.9 Å². The number of rotatable bonds is 28. The van der Waals surface area contributed by atoms with Crippen molar-refractivity contribution in [2.45, 2.75) is 45.4 Å². The van der Waals surface area contributed by atoms with Gasteiger partial charge in [-0.3, -0.25) is 0 Å². The van der Waals surface area contributed by atoms with Gasteiger partial charge >= 0.3 is 0 Å². The Balaban J connectivity index is 1.06. The van der Waals surface area contributed by atoms with Crippen LogP contribution in [-0.2, 0) is 26.2 Å². The number of methoxy groups -OCH3 is 8. The van der Waals surface area contributed by atoms with Crippen LogP contribution in [0, 0.1) is 0 Å². The summed E-state index contributed by atoms with van der Waals surface area (Å²) in [6.07, 6.45) is 2.60. The number of nitrogens with zero attached hydrogens (tertiary/aromatic N) is 6. The quantitative estimate of drug-likeness (QED) is 0.0266. The van der Waals surface area contributed by atoms with E-state index in [1.165, 1.54) is 0 Å². The first-order chi connectivity index (χ1) is 32.8. The molecule has 6 aromatic rings. The van der Waals surface area contributed by atoms with Crippen LogP contribution in [0.1, 0.15) is 41.5 Å². The maximum atomic E-state index is 5.49. The van der Waals surface area contributed by atoms with Gasteiger partial charge in [0.2, 0.25) is 35.7 Å². The molecule has 0 atom stereocenters. The van der Waals surface area contributed by atoms with Crippen molar-refractivity contribution in [2.24, 2.45) is 0 Å². The largest absolute Gasteiger partial charge is 0.493 e. The number of hydrogen-bond acceptors (Lipinski definition) is 20. The molecule has 2 aromatic heterocycles. The molecule has 6 rings (SSSR count). The lowest BCUT2D eigenvalue weighted by Crippen LogP contribution is -2.14. The van der Waals surface area contributed by atoms with Crippen molar-refractivity contribution in [1.29, 1.82) is 0 Å². The van der Waals surface area contributed by atoms with Crippen LogP contribution in [0.2, 0.25) is 0 Å². The SMILES string of the molecule is COc1ccc(CNc2nc(NCCCCCNc3nc(NCc4ccc(OC)c(OC)c4)nc(NCc4ccc(OC)c(OC)c4)n3)nc(NCc3ccc(OC)c(OC)c3)n2)cc1OC. The van der Waals surface area contributed by atoms with Crippen molar-refractivity contribution in [2.75, 3.05) is 102 Å². The summed E-state index contributed by atoms with van der Waals surface area (Å²) in [5.74, 6) is 7.61. The zero-order valence-corrected chi connectivity index (χ0v) is 39.2. The van der Waals surface area contributed by atoms with Crippen LogP contribution < -0.4 is 69.8 Å². The van der Waals surface area contributed by atoms with E-state index in [4.69, 9.17) is 37.9 Å². The third kappa shape index (κ3) is 14.0. The van der Waals surface area contributed by atoms with Crippen LogP contribution >= 0.6 is 0 Å². The Morgan fingerprint density at radius 1 is 0.284 bits per heavy atom. The summed E-state index contributed by atoms with van der Waals surface area (Å²) in [7, 11) is 12.9. The maximum Gasteiger partial charge on any atom is 0.229 e. The van der Waals surface area contributed by atoms with Gasteiger partial charge in [0.05, 0.1) is 56.9 Å². The summed E-state index contributed by atoms with van der Waals surface area (Å²) in [4.78, 5) is 28.0. The van der Waals surface area contributed by atoms with Crippen molar-refractivity contribution >= 4 is 35.7 Å². The number of nitrogens with one attached hydrogen (secondary N) is 6. The number of hydrogen-bond donors (Lipinski definition) is 6. The number of benzene rings is 4. The van der Waals surface area contributed by atoms with Crippen LogP contribution in [0.4, 0.5) is 35.7 Å². The monoisotopic (exact) mass is 920 g/mol. The number of anilines is 6. The molecule has 0 aliphatic rings. The average molecular weight is 921 g/mol. The normalized spacial score (nSPS) is 10.6. The van der Waals surface area contributed by atoms with Gasteiger partial charge in [0.15, 0.2) is 46.0 Å². The third-order valence-electron chi connectivity index (χ3n) is 10.3. The van der Waals surface area contributed by atoms with E-state index in [9.17, 15) is 0 Å². The summed E-state index contributed by atoms with van der Waals surface area (Å²) >= 11 is 0. The summed E-state index contributed by atoms with van der Waals surface area (Å²) < 4.78 is 43.6. The zero-order chi connectivity index (χ0) is 47.4. The predicted octanol–water partition coefficient (Wildman–Crippen LogP) is 7.27. The van der Waals surface area contributed by atoms with Gasteiger partial charge in [-0.15, -0.1) is 0 Å². The molecular weight excluding hydrogens is 861 g/mol. The molecule has 0 bridgehead atoms. The van der Waals surface area contributed by atoms with E-state index < -0.39 is 0 Å². The Hall–Kier alpha value is -7.90. The molecule has 0 fully saturated rings. The molecule has 0 unspecified atom stereocenters. The smallest absolute Gasteiger partial charge is 0.229 e. The van der Waals surface area contributed by atoms with Gasteiger partial charge in [-0.1, -0.05) is 24.3 Å². The first-order valence-electron chi connectivity index (χ1n) is 21.6. The molecule has 6 N–H and O–H groups in total. The Bertz CT molecular complexity index is 2190. The highest BCUT2D eigenvalue weighted by Gasteiger charge is 2.13. The fourth-order valence-electron chi connectivity index (χ4n) is 6.74. The fraction of sp³-hybridized carbons (Fsp3) is 0.362. The summed E-state index contributed by atoms with van der Waals surface area (Å²) in [6.45, 7) is 3.04. The predicted molar refractivity (Wildman–Crippen MR) is 258 cm³/mol. The molecule has 20 nitrogen and oxygen atoms in total. The van der Waals surface area contributed by atoms with Crippen LogP contribution in [0.25, 0.3) is 0 Å². The lowest BCUT2D eigenvalue weighted by Gasteiger charge is -2.14. The molecule has 356 valence electrons. The highest BCUT2D eigenvalue weighted by molar-refractivity contribution is 5.49. The second-order valence-electron chi connectivity index (χ2n) is 14.7. The summed E-state index contributed by atoms with van der Waals surface area (Å²) in [5.41, 5.74) is 3.84. The second-order valence-corrected chi connectivity index (χ2v) is 14.7. The van der Waals surface area contributed by atoms with Crippen molar-refractivity contribution in [3.8, 4) is 46.0 Å². The second kappa shape index (κ2) is 25.0. The summed E-state index contributed by atoms with van der Waals surface area (Å²) in [5, 5.41) is 20.1. The topological polar surface area (TPSA) is 223 Å². The van der Waals surface area contributed by atoms with E-state index in [0.29, 0.717) is 121 Å². The van der Waals surface area contributed by atoms with E-state index in [1.807, 2.05) is 72.8 Å². The molecule has 2 heterocycles. The molecule has 0 saturated carbocycles. The molecule has 0 amide bonds. The van der Waals surface area contributed by atoms with Crippen molar-refractivity contribution in [3.63, 3.8) is 0 Å². The highest BCUT2D eigenvalue weighted by atomic mass is 16.5. The highest BCUT2D eigenvalue weighted by Crippen LogP contribution is 2.31. The van der Waals surface area contributed by atoms with Crippen LogP contribution in [0.3, 0.4) is 0 Å². The Kier molecular flexibility index (Phi) is 18.1. The zero-order valence-electron chi connectivity index (χ0n) is 39.2. The van der Waals surface area contributed by atoms with E-state index in [1.54, 1.807) is 56.9 Å². The van der Waals surface area contributed by atoms with Crippen molar-refractivity contribution in [3.05, 3.63) is 95.1 Å². The van der Waals surface area contributed by atoms with Gasteiger partial charge in [-0.25, -0.2) is 0 Å². The molecular formula is C47H60N12O8. The van der Waals surface area contributed by atoms with Crippen LogP contribution in [0.5, 0.6) is 46.0 Å². The van der Waals surface area contributed by atoms with Gasteiger partial charge in [-0.05, 0) is 90.0 Å². The lowest BCUT2D eigenvalue weighted by atomic mass is 10.2. The Morgan fingerprint density at radius 3 is 0.731 bits per heavy atom. The number of ether oxygens (including phenoxy) is 8. The fourth-order valence-corrected chi connectivity index (χ4v) is 6.74. The van der Waals surface area contributed by atoms with Gasteiger partial charge < -0.3 is 69.8 Å². The maximum absolute atomic E-state index is 5.49. The van der Waals surface area contributed by atoms with Crippen LogP contribution in [0.15, 0.2) is 72.8 Å². The van der Waals surface area contributed by atoms with Gasteiger partial charge in [0.25, 0.3) is 0 Å². The minimum Gasteiger partial charge on any atom is -0.493 e. The van der Waals surface area contributed by atoms with Gasteiger partial charge in [-0.2, -0.15) is 29.9 Å². The molecule has 4 aromatic carbocycles. The Labute approximate surface area is 390 Å². The van der Waals surface area contributed by atoms with E-state index >= 15 is 0 Å². The first-order valence-corrected chi connectivity index (χ1v) is 21.6. The molecule has 0 spiro atoms. The van der Waals surface area contributed by atoms with E-state index in [2.05, 4.69) is 61.8 Å². The minimum atomic E-state index is 0.402. The number of aromatic nitrogens is 6. The minimum absolute atomic E-state index is 0.402. The lowest BCUT2D eigenvalue weighted by molar-refractivity contribution is 0.354. The molecule has 0 saturated heterocycles. The van der Waals surface area contributed by atoms with E-state index in [0.717, 1.165) is 41.5 Å². The van der Waals surface area contributed by atoms with Crippen molar-refractivity contribution in [1.82, 2.24) is 29.9 Å². The average Bonchev–Trinajstić information content (AvgIpc) is 3.37.